The number of fused-ring (bicyclic) bond motifs is 3. The molecule has 0 saturated carbocycles. The first-order valence-electron chi connectivity index (χ1n) is 11.4. The van der Waals surface area contributed by atoms with Crippen LogP contribution in [-0.4, -0.2) is 25.1 Å². The number of nitrogens with zero attached hydrogens (tertiary/aromatic N) is 3. The molecule has 4 heteroatoms. The summed E-state index contributed by atoms with van der Waals surface area (Å²) in [5.74, 6) is 0. The number of halogens is 1. The molecule has 2 heterocycles. The lowest BCUT2D eigenvalue weighted by atomic mass is 9.87. The van der Waals surface area contributed by atoms with Gasteiger partial charge in [-0.3, -0.25) is 4.98 Å². The molecule has 3 aromatic rings. The molecule has 1 aliphatic heterocycles. The summed E-state index contributed by atoms with van der Waals surface area (Å²) in [4.78, 5) is 10.0. The summed E-state index contributed by atoms with van der Waals surface area (Å²) in [6, 6.07) is 13.1. The molecule has 31 heavy (non-hydrogen) atoms. The van der Waals surface area contributed by atoms with E-state index in [1.54, 1.807) is 0 Å². The van der Waals surface area contributed by atoms with E-state index in [4.69, 9.17) is 16.6 Å². The third-order valence-electron chi connectivity index (χ3n) is 7.40. The fraction of sp³-hybridized carbons (Fsp3) is 0.444. The topological polar surface area (TPSA) is 19.4 Å². The van der Waals surface area contributed by atoms with Gasteiger partial charge in [-0.05, 0) is 61.2 Å². The highest BCUT2D eigenvalue weighted by molar-refractivity contribution is 6.31. The SMILES string of the molecule is CCN(C)c1ccc2c(c1)N(c1c3c(nc4ccc(Cl)cc14)C(C)(C)CC3)CC2(C)C. The molecule has 0 N–H and O–H groups in total. The molecule has 3 nitrogen and oxygen atoms in total. The van der Waals surface area contributed by atoms with Crippen molar-refractivity contribution in [1.29, 1.82) is 0 Å². The molecule has 1 aliphatic carbocycles. The molecular weight excluding hydrogens is 402 g/mol. The van der Waals surface area contributed by atoms with Crippen LogP contribution in [0.2, 0.25) is 5.02 Å². The van der Waals surface area contributed by atoms with Gasteiger partial charge in [-0.25, -0.2) is 0 Å². The molecule has 0 fully saturated rings. The zero-order chi connectivity index (χ0) is 22.1. The lowest BCUT2D eigenvalue weighted by Gasteiger charge is -2.28. The van der Waals surface area contributed by atoms with E-state index in [0.717, 1.165) is 36.5 Å². The Bertz CT molecular complexity index is 1190. The van der Waals surface area contributed by atoms with E-state index in [2.05, 4.69) is 81.8 Å². The Labute approximate surface area is 191 Å². The van der Waals surface area contributed by atoms with Crippen molar-refractivity contribution < 1.29 is 0 Å². The minimum atomic E-state index is 0.0772. The van der Waals surface area contributed by atoms with Gasteiger partial charge in [0, 0.05) is 52.8 Å². The molecule has 5 rings (SSSR count). The lowest BCUT2D eigenvalue weighted by molar-refractivity contribution is 0.510. The summed E-state index contributed by atoms with van der Waals surface area (Å²) >= 11 is 6.49. The van der Waals surface area contributed by atoms with Gasteiger partial charge in [-0.2, -0.15) is 0 Å². The molecular formula is C27H32ClN3. The quantitative estimate of drug-likeness (QED) is 0.443. The number of pyridine rings is 1. The summed E-state index contributed by atoms with van der Waals surface area (Å²) < 4.78 is 0. The van der Waals surface area contributed by atoms with Crippen molar-refractivity contribution >= 4 is 39.6 Å². The van der Waals surface area contributed by atoms with E-state index < -0.39 is 0 Å². The number of aromatic nitrogens is 1. The van der Waals surface area contributed by atoms with Gasteiger partial charge in [0.15, 0.2) is 0 Å². The van der Waals surface area contributed by atoms with Crippen LogP contribution in [0.3, 0.4) is 0 Å². The highest BCUT2D eigenvalue weighted by Gasteiger charge is 2.41. The Kier molecular flexibility index (Phi) is 4.57. The average molecular weight is 434 g/mol. The summed E-state index contributed by atoms with van der Waals surface area (Å²) in [5.41, 5.74) is 9.19. The molecule has 2 aromatic carbocycles. The van der Waals surface area contributed by atoms with E-state index in [0.29, 0.717) is 0 Å². The van der Waals surface area contributed by atoms with Crippen molar-refractivity contribution in [1.82, 2.24) is 4.98 Å². The Morgan fingerprint density at radius 2 is 1.84 bits per heavy atom. The van der Waals surface area contributed by atoms with Crippen LogP contribution in [0.15, 0.2) is 36.4 Å². The second kappa shape index (κ2) is 6.87. The molecule has 0 saturated heterocycles. The van der Waals surface area contributed by atoms with Crippen LogP contribution in [0.25, 0.3) is 10.9 Å². The van der Waals surface area contributed by atoms with Gasteiger partial charge in [0.25, 0.3) is 0 Å². The number of hydrogen-bond donors (Lipinski definition) is 0. The largest absolute Gasteiger partial charge is 0.375 e. The van der Waals surface area contributed by atoms with Crippen LogP contribution in [-0.2, 0) is 17.3 Å². The van der Waals surface area contributed by atoms with E-state index in [9.17, 15) is 0 Å². The Morgan fingerprint density at radius 3 is 2.58 bits per heavy atom. The van der Waals surface area contributed by atoms with E-state index >= 15 is 0 Å². The summed E-state index contributed by atoms with van der Waals surface area (Å²) in [6.45, 7) is 13.5. The minimum Gasteiger partial charge on any atom is -0.375 e. The molecule has 0 radical (unpaired) electrons. The Morgan fingerprint density at radius 1 is 1.06 bits per heavy atom. The van der Waals surface area contributed by atoms with Crippen LogP contribution >= 0.6 is 11.6 Å². The maximum Gasteiger partial charge on any atom is 0.0727 e. The van der Waals surface area contributed by atoms with Crippen LogP contribution < -0.4 is 9.80 Å². The monoisotopic (exact) mass is 433 g/mol. The zero-order valence-corrected chi connectivity index (χ0v) is 20.3. The first-order valence-corrected chi connectivity index (χ1v) is 11.8. The second-order valence-electron chi connectivity index (χ2n) is 10.5. The van der Waals surface area contributed by atoms with Gasteiger partial charge in [-0.15, -0.1) is 0 Å². The lowest BCUT2D eigenvalue weighted by Crippen LogP contribution is -2.26. The Hall–Kier alpha value is -2.26. The van der Waals surface area contributed by atoms with Crippen molar-refractivity contribution in [3.8, 4) is 0 Å². The highest BCUT2D eigenvalue weighted by atomic mass is 35.5. The van der Waals surface area contributed by atoms with Crippen molar-refractivity contribution in [2.24, 2.45) is 0 Å². The van der Waals surface area contributed by atoms with Crippen LogP contribution in [0.5, 0.6) is 0 Å². The van der Waals surface area contributed by atoms with Gasteiger partial charge in [-0.1, -0.05) is 45.4 Å². The molecule has 0 spiro atoms. The molecule has 0 amide bonds. The summed E-state index contributed by atoms with van der Waals surface area (Å²) in [7, 11) is 2.16. The predicted octanol–water partition coefficient (Wildman–Crippen LogP) is 7.00. The van der Waals surface area contributed by atoms with Crippen LogP contribution in [0.4, 0.5) is 17.1 Å². The van der Waals surface area contributed by atoms with Crippen LogP contribution in [0, 0.1) is 0 Å². The molecule has 2 aliphatic rings. The fourth-order valence-electron chi connectivity index (χ4n) is 5.42. The summed E-state index contributed by atoms with van der Waals surface area (Å²) in [5, 5.41) is 1.94. The van der Waals surface area contributed by atoms with E-state index in [-0.39, 0.29) is 10.8 Å². The maximum atomic E-state index is 6.49. The maximum absolute atomic E-state index is 6.49. The molecule has 0 bridgehead atoms. The minimum absolute atomic E-state index is 0.0772. The van der Waals surface area contributed by atoms with Gasteiger partial charge in [0.1, 0.15) is 0 Å². The predicted molar refractivity (Wildman–Crippen MR) is 134 cm³/mol. The second-order valence-corrected chi connectivity index (χ2v) is 11.0. The summed E-state index contributed by atoms with van der Waals surface area (Å²) in [6.07, 6.45) is 2.20. The van der Waals surface area contributed by atoms with Gasteiger partial charge in [0.2, 0.25) is 0 Å². The number of benzene rings is 2. The van der Waals surface area contributed by atoms with Gasteiger partial charge < -0.3 is 9.80 Å². The van der Waals surface area contributed by atoms with Crippen molar-refractivity contribution in [3.63, 3.8) is 0 Å². The first-order chi connectivity index (χ1) is 14.6. The third kappa shape index (κ3) is 3.12. The molecule has 0 atom stereocenters. The molecule has 1 aromatic heterocycles. The van der Waals surface area contributed by atoms with Gasteiger partial charge in [0.05, 0.1) is 16.9 Å². The van der Waals surface area contributed by atoms with Crippen molar-refractivity contribution in [2.75, 3.05) is 29.9 Å². The number of rotatable bonds is 3. The van der Waals surface area contributed by atoms with Crippen molar-refractivity contribution in [3.05, 3.63) is 58.2 Å². The molecule has 162 valence electrons. The Balaban J connectivity index is 1.81. The van der Waals surface area contributed by atoms with Crippen LogP contribution in [0.1, 0.15) is 57.9 Å². The highest BCUT2D eigenvalue weighted by Crippen LogP contribution is 2.52. The van der Waals surface area contributed by atoms with Gasteiger partial charge >= 0.3 is 0 Å². The van der Waals surface area contributed by atoms with E-state index in [1.807, 2.05) is 6.07 Å². The zero-order valence-electron chi connectivity index (χ0n) is 19.5. The average Bonchev–Trinajstić information content (AvgIpc) is 3.18. The fourth-order valence-corrected chi connectivity index (χ4v) is 5.59. The normalized spacial score (nSPS) is 18.4. The van der Waals surface area contributed by atoms with Crippen molar-refractivity contribution in [2.45, 2.75) is 58.3 Å². The number of anilines is 3. The first kappa shape index (κ1) is 20.6. The smallest absolute Gasteiger partial charge is 0.0727 e. The molecule has 0 unspecified atom stereocenters. The number of hydrogen-bond acceptors (Lipinski definition) is 3. The van der Waals surface area contributed by atoms with E-state index in [1.165, 1.54) is 39.3 Å². The third-order valence-corrected chi connectivity index (χ3v) is 7.63. The standard InChI is InChI=1S/C27H32ClN3/c1-7-30(6)18-9-10-21-23(15-18)31(16-27(21,4)5)24-19-12-13-26(2,3)25(19)29-22-11-8-17(28)14-20(22)24/h8-11,14-15H,7,12-13,16H2,1-6H3.